The molecule has 0 unspecified atom stereocenters. The molecule has 0 atom stereocenters. The quantitative estimate of drug-likeness (QED) is 0.183. The van der Waals surface area contributed by atoms with E-state index in [0.29, 0.717) is 0 Å². The zero-order chi connectivity index (χ0) is 18.3. The molecule has 1 rings (SSSR count). The Morgan fingerprint density at radius 1 is 0.792 bits per heavy atom. The molecule has 1 aromatic carbocycles. The molecule has 11 heteroatoms. The lowest BCUT2D eigenvalue weighted by molar-refractivity contribution is -0.255. The van der Waals surface area contributed by atoms with Crippen molar-refractivity contribution in [3.05, 3.63) is 17.7 Å². The molecule has 0 N–H and O–H groups in total. The number of hydrogen-bond acceptors (Lipinski definition) is 8. The zero-order valence-electron chi connectivity index (χ0n) is 11.7. The number of aromatic carboxylic acids is 1. The van der Waals surface area contributed by atoms with Gasteiger partial charge in [0.1, 0.15) is 17.2 Å². The van der Waals surface area contributed by atoms with Gasteiger partial charge in [-0.1, -0.05) is 67.8 Å². The van der Waals surface area contributed by atoms with E-state index in [2.05, 4.69) is 0 Å². The first-order chi connectivity index (χ1) is 11.3. The molecule has 0 amide bonds. The monoisotopic (exact) mass is 673 g/mol. The number of halogens is 3. The first-order valence-corrected chi connectivity index (χ1v) is 10.6. The molecule has 0 saturated carbocycles. The third kappa shape index (κ3) is 6.30. The number of carbonyl (C=O) groups is 4. The number of esters is 3. The molecular weight excluding hydrogens is 665 g/mol. The minimum atomic E-state index is -1.71. The van der Waals surface area contributed by atoms with Gasteiger partial charge in [-0.2, -0.15) is 0 Å². The highest BCUT2D eigenvalue weighted by Crippen LogP contribution is 2.34. The van der Waals surface area contributed by atoms with E-state index in [1.165, 1.54) is 0 Å². The highest BCUT2D eigenvalue weighted by molar-refractivity contribution is 14.1. The Hall–Kier alpha value is -0.710. The molecule has 0 aliphatic carbocycles. The third-order valence-corrected chi connectivity index (χ3v) is 4.12. The Kier molecular flexibility index (Phi) is 9.17. The van der Waals surface area contributed by atoms with Crippen LogP contribution in [0, 0.1) is 0 Å². The van der Waals surface area contributed by atoms with Crippen molar-refractivity contribution in [2.75, 3.05) is 13.3 Å². The van der Waals surface area contributed by atoms with Crippen LogP contribution in [0.3, 0.4) is 0 Å². The minimum Gasteiger partial charge on any atom is -0.545 e. The van der Waals surface area contributed by atoms with E-state index in [-0.39, 0.29) is 19.0 Å². The fourth-order valence-electron chi connectivity index (χ4n) is 1.45. The van der Waals surface area contributed by atoms with Crippen LogP contribution >= 0.6 is 67.8 Å². The predicted molar refractivity (Wildman–Crippen MR) is 104 cm³/mol. The van der Waals surface area contributed by atoms with E-state index in [4.69, 9.17) is 14.2 Å². The van der Waals surface area contributed by atoms with Crippen LogP contribution in [0.15, 0.2) is 12.1 Å². The summed E-state index contributed by atoms with van der Waals surface area (Å²) in [4.78, 5) is 45.7. The number of carboxylic acids is 1. The standard InChI is InChI=1S/C13H9I3O8/c14-3-9(17)22-6-1-7(23-10(18)4-15)12(13(20)21)8(2-6)24-11(19)5-16/h1-2H,3-5H2,(H,20,21)/p-1. The van der Waals surface area contributed by atoms with Crippen molar-refractivity contribution < 1.29 is 38.5 Å². The average Bonchev–Trinajstić information content (AvgIpc) is 2.53. The van der Waals surface area contributed by atoms with Crippen LogP contribution in [0.2, 0.25) is 0 Å². The van der Waals surface area contributed by atoms with Crippen molar-refractivity contribution in [2.45, 2.75) is 0 Å². The number of carbonyl (C=O) groups excluding carboxylic acids is 4. The first-order valence-electron chi connectivity index (χ1n) is 6.01. The molecule has 130 valence electrons. The van der Waals surface area contributed by atoms with Crippen molar-refractivity contribution in [3.8, 4) is 17.2 Å². The predicted octanol–water partition coefficient (Wildman–Crippen LogP) is 1.07. The molecule has 0 fully saturated rings. The van der Waals surface area contributed by atoms with Gasteiger partial charge in [-0.15, -0.1) is 0 Å². The van der Waals surface area contributed by atoms with E-state index >= 15 is 0 Å². The van der Waals surface area contributed by atoms with Crippen LogP contribution in [-0.2, 0) is 14.4 Å². The van der Waals surface area contributed by atoms with Gasteiger partial charge in [-0.25, -0.2) is 0 Å². The summed E-state index contributed by atoms with van der Waals surface area (Å²) in [6, 6.07) is 2.09. The van der Waals surface area contributed by atoms with Crippen molar-refractivity contribution >= 4 is 91.6 Å². The van der Waals surface area contributed by atoms with E-state index in [0.717, 1.165) is 12.1 Å². The lowest BCUT2D eigenvalue weighted by atomic mass is 10.1. The average molecular weight is 673 g/mol. The Bertz CT molecular complexity index is 634. The molecule has 1 aromatic rings. The Morgan fingerprint density at radius 2 is 1.17 bits per heavy atom. The zero-order valence-corrected chi connectivity index (χ0v) is 18.1. The van der Waals surface area contributed by atoms with Gasteiger partial charge in [0, 0.05) is 12.1 Å². The number of benzene rings is 1. The number of ether oxygens (including phenoxy) is 3. The molecule has 0 aromatic heterocycles. The molecule has 24 heavy (non-hydrogen) atoms. The van der Waals surface area contributed by atoms with E-state index in [1.807, 2.05) is 0 Å². The van der Waals surface area contributed by atoms with Crippen LogP contribution in [0.5, 0.6) is 17.2 Å². The van der Waals surface area contributed by atoms with Gasteiger partial charge in [0.15, 0.2) is 0 Å². The summed E-state index contributed by atoms with van der Waals surface area (Å²) in [5.41, 5.74) is -0.624. The highest BCUT2D eigenvalue weighted by Gasteiger charge is 2.20. The summed E-state index contributed by atoms with van der Waals surface area (Å²) in [6.07, 6.45) is 0. The van der Waals surface area contributed by atoms with E-state index in [9.17, 15) is 24.3 Å². The van der Waals surface area contributed by atoms with Gasteiger partial charge in [0.2, 0.25) is 0 Å². The van der Waals surface area contributed by atoms with Gasteiger partial charge in [-0.3, -0.25) is 14.4 Å². The summed E-state index contributed by atoms with van der Waals surface area (Å²) >= 11 is 5.23. The van der Waals surface area contributed by atoms with Gasteiger partial charge < -0.3 is 24.1 Å². The molecule has 0 aliphatic heterocycles. The molecule has 0 heterocycles. The van der Waals surface area contributed by atoms with Crippen molar-refractivity contribution in [2.24, 2.45) is 0 Å². The van der Waals surface area contributed by atoms with Crippen LogP contribution in [0.25, 0.3) is 0 Å². The topological polar surface area (TPSA) is 119 Å². The number of rotatable bonds is 7. The normalized spacial score (nSPS) is 9.96. The summed E-state index contributed by atoms with van der Waals surface area (Å²) in [7, 11) is 0. The lowest BCUT2D eigenvalue weighted by Crippen LogP contribution is -2.26. The molecule has 8 nitrogen and oxygen atoms in total. The second kappa shape index (κ2) is 10.3. The van der Waals surface area contributed by atoms with Crippen LogP contribution in [0.1, 0.15) is 10.4 Å². The van der Waals surface area contributed by atoms with E-state index in [1.54, 1.807) is 67.8 Å². The van der Waals surface area contributed by atoms with Crippen LogP contribution < -0.4 is 19.3 Å². The first kappa shape index (κ1) is 21.3. The molecule has 0 radical (unpaired) electrons. The smallest absolute Gasteiger partial charge is 0.321 e. The van der Waals surface area contributed by atoms with Crippen LogP contribution in [-0.4, -0.2) is 37.2 Å². The number of carboxylic acid groups (broad SMARTS) is 1. The van der Waals surface area contributed by atoms with E-state index < -0.39 is 40.9 Å². The summed E-state index contributed by atoms with van der Waals surface area (Å²) in [6.45, 7) is 0. The summed E-state index contributed by atoms with van der Waals surface area (Å²) in [5.74, 6) is -4.81. The maximum absolute atomic E-state index is 11.5. The molecule has 0 bridgehead atoms. The van der Waals surface area contributed by atoms with Gasteiger partial charge in [-0.05, 0) is 0 Å². The van der Waals surface area contributed by atoms with Crippen molar-refractivity contribution in [3.63, 3.8) is 0 Å². The fraction of sp³-hybridized carbons (Fsp3) is 0.231. The molecule has 0 spiro atoms. The van der Waals surface area contributed by atoms with Crippen LogP contribution in [0.4, 0.5) is 0 Å². The number of alkyl halides is 3. The number of hydrogen-bond donors (Lipinski definition) is 0. The van der Waals surface area contributed by atoms with Gasteiger partial charge in [0.05, 0.1) is 24.8 Å². The largest absolute Gasteiger partial charge is 0.545 e. The summed E-state index contributed by atoms with van der Waals surface area (Å²) in [5, 5.41) is 11.4. The van der Waals surface area contributed by atoms with Gasteiger partial charge in [0.25, 0.3) is 0 Å². The van der Waals surface area contributed by atoms with Gasteiger partial charge >= 0.3 is 17.9 Å². The lowest BCUT2D eigenvalue weighted by Gasteiger charge is -2.16. The molecule has 0 aliphatic rings. The molecule has 0 saturated heterocycles. The maximum atomic E-state index is 11.5. The second-order valence-corrected chi connectivity index (χ2v) is 6.19. The Labute approximate surface area is 177 Å². The SMILES string of the molecule is O=C(CI)Oc1cc(OC(=O)CI)c(C(=O)[O-])c(OC(=O)CI)c1. The third-order valence-electron chi connectivity index (χ3n) is 2.25. The minimum absolute atomic E-state index is 0.0335. The fourth-order valence-corrected chi connectivity index (χ4v) is 1.91. The van der Waals surface area contributed by atoms with Crippen molar-refractivity contribution in [1.29, 1.82) is 0 Å². The maximum Gasteiger partial charge on any atom is 0.321 e. The van der Waals surface area contributed by atoms with Crippen molar-refractivity contribution in [1.82, 2.24) is 0 Å². The summed E-state index contributed by atoms with van der Waals surface area (Å²) < 4.78 is 14.7. The Morgan fingerprint density at radius 3 is 1.50 bits per heavy atom. The second-order valence-electron chi connectivity index (χ2n) is 3.91. The Balaban J connectivity index is 3.44. The highest BCUT2D eigenvalue weighted by atomic mass is 127. The molecular formula is C13H8I3O8-.